The van der Waals surface area contributed by atoms with Crippen molar-refractivity contribution in [3.63, 3.8) is 0 Å². The third-order valence-electron chi connectivity index (χ3n) is 1.31. The van der Waals surface area contributed by atoms with Crippen molar-refractivity contribution in [3.05, 3.63) is 24.4 Å². The molecule has 0 rings (SSSR count). The van der Waals surface area contributed by atoms with Gasteiger partial charge in [0.2, 0.25) is 0 Å². The van der Waals surface area contributed by atoms with Gasteiger partial charge in [-0.2, -0.15) is 0 Å². The molecule has 0 aliphatic heterocycles. The highest BCUT2D eigenvalue weighted by atomic mass is 14.8. The summed E-state index contributed by atoms with van der Waals surface area (Å²) in [5, 5.41) is 3.11. The lowest BCUT2D eigenvalue weighted by molar-refractivity contribution is 0.650. The summed E-state index contributed by atoms with van der Waals surface area (Å²) in [4.78, 5) is 0. The van der Waals surface area contributed by atoms with Crippen molar-refractivity contribution in [2.45, 2.75) is 27.2 Å². The van der Waals surface area contributed by atoms with Gasteiger partial charge in [0.1, 0.15) is 0 Å². The first-order valence-electron chi connectivity index (χ1n) is 4.24. The molecule has 0 aliphatic carbocycles. The van der Waals surface area contributed by atoms with Gasteiger partial charge in [0, 0.05) is 6.54 Å². The quantitative estimate of drug-likeness (QED) is 0.599. The normalized spacial score (nSPS) is 10.9. The van der Waals surface area contributed by atoms with Crippen molar-refractivity contribution in [1.29, 1.82) is 0 Å². The van der Waals surface area contributed by atoms with E-state index in [2.05, 4.69) is 32.7 Å². The van der Waals surface area contributed by atoms with Crippen LogP contribution in [0.4, 0.5) is 0 Å². The minimum absolute atomic E-state index is 0.703. The zero-order valence-corrected chi connectivity index (χ0v) is 7.85. The van der Waals surface area contributed by atoms with Crippen LogP contribution < -0.4 is 5.32 Å². The van der Waals surface area contributed by atoms with E-state index in [1.54, 1.807) is 0 Å². The van der Waals surface area contributed by atoms with Gasteiger partial charge in [0.15, 0.2) is 0 Å². The van der Waals surface area contributed by atoms with Gasteiger partial charge in [-0.3, -0.25) is 0 Å². The van der Waals surface area contributed by atoms with Crippen LogP contribution in [0.1, 0.15) is 27.2 Å². The largest absolute Gasteiger partial charge is 0.391 e. The van der Waals surface area contributed by atoms with Crippen LogP contribution in [-0.4, -0.2) is 6.54 Å². The van der Waals surface area contributed by atoms with Gasteiger partial charge in [0.25, 0.3) is 0 Å². The third kappa shape index (κ3) is 7.17. The molecule has 0 aromatic rings. The molecule has 0 amide bonds. The third-order valence-corrected chi connectivity index (χ3v) is 1.31. The fourth-order valence-corrected chi connectivity index (χ4v) is 0.887. The van der Waals surface area contributed by atoms with Crippen molar-refractivity contribution < 1.29 is 0 Å². The minimum Gasteiger partial charge on any atom is -0.391 e. The maximum Gasteiger partial charge on any atom is 0.0113 e. The highest BCUT2D eigenvalue weighted by Gasteiger charge is 1.93. The van der Waals surface area contributed by atoms with Crippen LogP contribution in [0.25, 0.3) is 0 Å². The minimum atomic E-state index is 0.703. The zero-order valence-electron chi connectivity index (χ0n) is 7.85. The highest BCUT2D eigenvalue weighted by molar-refractivity contribution is 5.13. The molecule has 1 nitrogen and oxygen atoms in total. The number of hydrogen-bond acceptors (Lipinski definition) is 1. The summed E-state index contributed by atoms with van der Waals surface area (Å²) in [5.41, 5.74) is 1.20. The molecule has 1 N–H and O–H groups in total. The zero-order chi connectivity index (χ0) is 8.69. The van der Waals surface area contributed by atoms with E-state index in [1.807, 2.05) is 12.3 Å². The maximum absolute atomic E-state index is 3.94. The molecule has 0 saturated carbocycles. The molecule has 0 aromatic heterocycles. The van der Waals surface area contributed by atoms with Crippen LogP contribution >= 0.6 is 0 Å². The van der Waals surface area contributed by atoms with Crippen molar-refractivity contribution >= 4 is 0 Å². The lowest BCUT2D eigenvalue weighted by Gasteiger charge is -2.02. The summed E-state index contributed by atoms with van der Waals surface area (Å²) < 4.78 is 0. The Labute approximate surface area is 70.2 Å². The SMILES string of the molecule is C=C(/C=C/NCC)CC(C)C. The first-order chi connectivity index (χ1) is 5.16. The predicted octanol–water partition coefficient (Wildman–Crippen LogP) is 2.71. The highest BCUT2D eigenvalue weighted by Crippen LogP contribution is 2.08. The Kier molecular flexibility index (Phi) is 5.63. The first-order valence-corrected chi connectivity index (χ1v) is 4.24. The van der Waals surface area contributed by atoms with Gasteiger partial charge in [0.05, 0.1) is 0 Å². The Morgan fingerprint density at radius 1 is 1.55 bits per heavy atom. The molecular weight excluding hydrogens is 134 g/mol. The molecule has 0 saturated heterocycles. The van der Waals surface area contributed by atoms with Crippen LogP contribution in [0.5, 0.6) is 0 Å². The molecule has 0 fully saturated rings. The molecular formula is C10H19N. The standard InChI is InChI=1S/C10H19N/c1-5-11-7-6-10(4)8-9(2)3/h6-7,9,11H,4-5,8H2,1-3H3/b7-6+. The summed E-state index contributed by atoms with van der Waals surface area (Å²) >= 11 is 0. The molecule has 0 atom stereocenters. The van der Waals surface area contributed by atoms with Crippen LogP contribution in [0.3, 0.4) is 0 Å². The van der Waals surface area contributed by atoms with E-state index in [-0.39, 0.29) is 0 Å². The van der Waals surface area contributed by atoms with Crippen LogP contribution in [0.15, 0.2) is 24.4 Å². The summed E-state index contributed by atoms with van der Waals surface area (Å²) in [6.07, 6.45) is 5.09. The van der Waals surface area contributed by atoms with E-state index in [1.165, 1.54) is 5.57 Å². The molecule has 0 radical (unpaired) electrons. The summed E-state index contributed by atoms with van der Waals surface area (Å²) in [6.45, 7) is 11.4. The van der Waals surface area contributed by atoms with Gasteiger partial charge in [-0.05, 0) is 31.5 Å². The van der Waals surface area contributed by atoms with Crippen molar-refractivity contribution in [2.75, 3.05) is 6.54 Å². The fraction of sp³-hybridized carbons (Fsp3) is 0.600. The number of allylic oxidation sites excluding steroid dienone is 2. The average Bonchev–Trinajstić information content (AvgIpc) is 1.86. The Hall–Kier alpha value is -0.720. The monoisotopic (exact) mass is 153 g/mol. The summed E-state index contributed by atoms with van der Waals surface area (Å²) in [5.74, 6) is 0.703. The molecule has 0 heterocycles. The number of nitrogens with one attached hydrogen (secondary N) is 1. The van der Waals surface area contributed by atoms with Crippen molar-refractivity contribution in [2.24, 2.45) is 5.92 Å². The molecule has 0 bridgehead atoms. The first kappa shape index (κ1) is 10.3. The molecule has 64 valence electrons. The number of rotatable bonds is 5. The summed E-state index contributed by atoms with van der Waals surface area (Å²) in [7, 11) is 0. The van der Waals surface area contributed by atoms with Gasteiger partial charge in [-0.25, -0.2) is 0 Å². The second kappa shape index (κ2) is 6.02. The van der Waals surface area contributed by atoms with E-state index in [4.69, 9.17) is 0 Å². The lowest BCUT2D eigenvalue weighted by Crippen LogP contribution is -2.01. The lowest BCUT2D eigenvalue weighted by atomic mass is 10.0. The molecule has 0 aliphatic rings. The van der Waals surface area contributed by atoms with Crippen molar-refractivity contribution in [3.8, 4) is 0 Å². The molecule has 0 unspecified atom stereocenters. The Balaban J connectivity index is 3.51. The fourth-order valence-electron chi connectivity index (χ4n) is 0.887. The molecule has 0 spiro atoms. The van der Waals surface area contributed by atoms with Gasteiger partial charge in [-0.1, -0.05) is 26.0 Å². The Bertz CT molecular complexity index is 134. The smallest absolute Gasteiger partial charge is 0.0113 e. The molecule has 0 aromatic carbocycles. The van der Waals surface area contributed by atoms with E-state index in [9.17, 15) is 0 Å². The number of hydrogen-bond donors (Lipinski definition) is 1. The van der Waals surface area contributed by atoms with Crippen LogP contribution in [-0.2, 0) is 0 Å². The van der Waals surface area contributed by atoms with Gasteiger partial charge < -0.3 is 5.32 Å². The second-order valence-corrected chi connectivity index (χ2v) is 3.15. The van der Waals surface area contributed by atoms with Crippen LogP contribution in [0, 0.1) is 5.92 Å². The van der Waals surface area contributed by atoms with E-state index >= 15 is 0 Å². The summed E-state index contributed by atoms with van der Waals surface area (Å²) in [6, 6.07) is 0. The molecule has 1 heteroatoms. The van der Waals surface area contributed by atoms with Crippen molar-refractivity contribution in [1.82, 2.24) is 5.32 Å². The Morgan fingerprint density at radius 3 is 2.64 bits per heavy atom. The van der Waals surface area contributed by atoms with E-state index in [0.717, 1.165) is 13.0 Å². The van der Waals surface area contributed by atoms with Gasteiger partial charge >= 0.3 is 0 Å². The van der Waals surface area contributed by atoms with Crippen LogP contribution in [0.2, 0.25) is 0 Å². The molecule has 11 heavy (non-hydrogen) atoms. The maximum atomic E-state index is 3.94. The van der Waals surface area contributed by atoms with Gasteiger partial charge in [-0.15, -0.1) is 0 Å². The van der Waals surface area contributed by atoms with E-state index in [0.29, 0.717) is 5.92 Å². The predicted molar refractivity (Wildman–Crippen MR) is 51.4 cm³/mol. The Morgan fingerprint density at radius 2 is 2.18 bits per heavy atom. The second-order valence-electron chi connectivity index (χ2n) is 3.15. The topological polar surface area (TPSA) is 12.0 Å². The van der Waals surface area contributed by atoms with E-state index < -0.39 is 0 Å². The average molecular weight is 153 g/mol.